The Labute approximate surface area is 178 Å². The summed E-state index contributed by atoms with van der Waals surface area (Å²) in [6.07, 6.45) is 0. The third kappa shape index (κ3) is 4.18. The van der Waals surface area contributed by atoms with Crippen molar-refractivity contribution in [1.29, 1.82) is 0 Å². The van der Waals surface area contributed by atoms with Crippen LogP contribution in [0, 0.1) is 6.92 Å². The van der Waals surface area contributed by atoms with Crippen molar-refractivity contribution < 1.29 is 9.59 Å². The van der Waals surface area contributed by atoms with Crippen LogP contribution in [0.15, 0.2) is 54.6 Å². The Bertz CT molecular complexity index is 1030. The number of piperazine rings is 1. The molecule has 4 rings (SSSR count). The highest BCUT2D eigenvalue weighted by molar-refractivity contribution is 7.17. The second kappa shape index (κ2) is 8.35. The minimum Gasteiger partial charge on any atom is -0.335 e. The van der Waals surface area contributed by atoms with E-state index in [0.717, 1.165) is 16.3 Å². The minimum atomic E-state index is -0.0332. The van der Waals surface area contributed by atoms with Crippen molar-refractivity contribution in [2.45, 2.75) is 6.92 Å². The maximum absolute atomic E-state index is 13.0. The molecule has 2 amide bonds. The number of aromatic nitrogens is 1. The number of thiazole rings is 1. The van der Waals surface area contributed by atoms with Crippen LogP contribution in [0.4, 0.5) is 0 Å². The monoisotopic (exact) mass is 425 g/mol. The molecule has 148 valence electrons. The van der Waals surface area contributed by atoms with Crippen molar-refractivity contribution in [3.63, 3.8) is 0 Å². The first-order valence-corrected chi connectivity index (χ1v) is 10.6. The normalized spacial score (nSPS) is 14.1. The zero-order chi connectivity index (χ0) is 20.4. The van der Waals surface area contributed by atoms with Gasteiger partial charge in [0.15, 0.2) is 0 Å². The lowest BCUT2D eigenvalue weighted by molar-refractivity contribution is 0.0537. The lowest BCUT2D eigenvalue weighted by atomic mass is 10.2. The molecule has 1 aromatic heterocycles. The Kier molecular flexibility index (Phi) is 5.65. The van der Waals surface area contributed by atoms with Gasteiger partial charge in [-0.15, -0.1) is 11.3 Å². The third-order valence-electron chi connectivity index (χ3n) is 4.96. The SMILES string of the molecule is Cc1nc(-c2ccccc2)sc1C(=O)N1CCN(C(=O)c2ccc(Cl)cc2)CC1. The summed E-state index contributed by atoms with van der Waals surface area (Å²) < 4.78 is 0. The maximum atomic E-state index is 13.0. The van der Waals surface area contributed by atoms with E-state index in [1.165, 1.54) is 11.3 Å². The first-order valence-electron chi connectivity index (χ1n) is 9.40. The first-order chi connectivity index (χ1) is 14.0. The van der Waals surface area contributed by atoms with Crippen LogP contribution in [0.5, 0.6) is 0 Å². The summed E-state index contributed by atoms with van der Waals surface area (Å²) in [4.78, 5) is 34.5. The summed E-state index contributed by atoms with van der Waals surface area (Å²) >= 11 is 7.32. The van der Waals surface area contributed by atoms with Crippen molar-refractivity contribution in [3.8, 4) is 10.6 Å². The molecular formula is C22H20ClN3O2S. The smallest absolute Gasteiger partial charge is 0.265 e. The molecule has 0 spiro atoms. The van der Waals surface area contributed by atoms with Gasteiger partial charge in [-0.05, 0) is 31.2 Å². The zero-order valence-electron chi connectivity index (χ0n) is 16.0. The van der Waals surface area contributed by atoms with Crippen LogP contribution < -0.4 is 0 Å². The second-order valence-electron chi connectivity index (χ2n) is 6.89. The highest BCUT2D eigenvalue weighted by Gasteiger charge is 2.27. The van der Waals surface area contributed by atoms with Crippen LogP contribution in [-0.2, 0) is 0 Å². The number of carbonyl (C=O) groups excluding carboxylic acids is 2. The topological polar surface area (TPSA) is 53.5 Å². The maximum Gasteiger partial charge on any atom is 0.265 e. The molecular weight excluding hydrogens is 406 g/mol. The fourth-order valence-electron chi connectivity index (χ4n) is 3.33. The molecule has 0 unspecified atom stereocenters. The van der Waals surface area contributed by atoms with Crippen LogP contribution in [0.25, 0.3) is 10.6 Å². The van der Waals surface area contributed by atoms with Gasteiger partial charge in [-0.3, -0.25) is 9.59 Å². The van der Waals surface area contributed by atoms with E-state index in [4.69, 9.17) is 11.6 Å². The van der Waals surface area contributed by atoms with Gasteiger partial charge in [0, 0.05) is 42.3 Å². The number of carbonyl (C=O) groups is 2. The van der Waals surface area contributed by atoms with Gasteiger partial charge in [0.1, 0.15) is 9.88 Å². The van der Waals surface area contributed by atoms with Gasteiger partial charge in [-0.1, -0.05) is 41.9 Å². The van der Waals surface area contributed by atoms with Crippen molar-refractivity contribution in [1.82, 2.24) is 14.8 Å². The van der Waals surface area contributed by atoms with Crippen LogP contribution in [0.2, 0.25) is 5.02 Å². The molecule has 0 radical (unpaired) electrons. The molecule has 2 aromatic carbocycles. The molecule has 0 saturated carbocycles. The average molecular weight is 426 g/mol. The molecule has 2 heterocycles. The highest BCUT2D eigenvalue weighted by atomic mass is 35.5. The molecule has 0 atom stereocenters. The molecule has 0 bridgehead atoms. The summed E-state index contributed by atoms with van der Waals surface area (Å²) in [5.74, 6) is -0.0464. The zero-order valence-corrected chi connectivity index (χ0v) is 17.5. The number of benzene rings is 2. The summed E-state index contributed by atoms with van der Waals surface area (Å²) in [5, 5.41) is 1.45. The van der Waals surface area contributed by atoms with E-state index in [2.05, 4.69) is 4.98 Å². The van der Waals surface area contributed by atoms with Crippen molar-refractivity contribution >= 4 is 34.8 Å². The fourth-order valence-corrected chi connectivity index (χ4v) is 4.50. The van der Waals surface area contributed by atoms with Crippen molar-refractivity contribution in [3.05, 3.63) is 75.8 Å². The number of hydrogen-bond acceptors (Lipinski definition) is 4. The molecule has 3 aromatic rings. The van der Waals surface area contributed by atoms with Crippen LogP contribution in [0.3, 0.4) is 0 Å². The van der Waals surface area contributed by atoms with E-state index in [0.29, 0.717) is 41.6 Å². The summed E-state index contributed by atoms with van der Waals surface area (Å²) in [6, 6.07) is 16.8. The van der Waals surface area contributed by atoms with Gasteiger partial charge >= 0.3 is 0 Å². The van der Waals surface area contributed by atoms with Gasteiger partial charge in [0.2, 0.25) is 0 Å². The van der Waals surface area contributed by atoms with E-state index >= 15 is 0 Å². The molecule has 29 heavy (non-hydrogen) atoms. The van der Waals surface area contributed by atoms with Gasteiger partial charge in [-0.25, -0.2) is 4.98 Å². The summed E-state index contributed by atoms with van der Waals surface area (Å²) in [5.41, 5.74) is 2.37. The molecule has 1 aliphatic rings. The molecule has 0 aliphatic carbocycles. The van der Waals surface area contributed by atoms with Gasteiger partial charge in [0.25, 0.3) is 11.8 Å². The second-order valence-corrected chi connectivity index (χ2v) is 8.33. The standard InChI is InChI=1S/C22H20ClN3O2S/c1-15-19(29-20(24-15)16-5-3-2-4-6-16)22(28)26-13-11-25(12-14-26)21(27)17-7-9-18(23)10-8-17/h2-10H,11-14H2,1H3. The quantitative estimate of drug-likeness (QED) is 0.626. The Morgan fingerprint density at radius 1 is 0.897 bits per heavy atom. The number of amides is 2. The Morgan fingerprint density at radius 3 is 2.10 bits per heavy atom. The first kappa shape index (κ1) is 19.6. The van der Waals surface area contributed by atoms with E-state index in [1.54, 1.807) is 34.1 Å². The number of aryl methyl sites for hydroxylation is 1. The predicted molar refractivity (Wildman–Crippen MR) is 116 cm³/mol. The largest absolute Gasteiger partial charge is 0.335 e. The third-order valence-corrected chi connectivity index (χ3v) is 6.40. The predicted octanol–water partition coefficient (Wildman–Crippen LogP) is 4.37. The number of hydrogen-bond donors (Lipinski definition) is 0. The lowest BCUT2D eigenvalue weighted by Gasteiger charge is -2.34. The Morgan fingerprint density at radius 2 is 1.48 bits per heavy atom. The lowest BCUT2D eigenvalue weighted by Crippen LogP contribution is -2.50. The Balaban J connectivity index is 1.42. The van der Waals surface area contributed by atoms with Crippen molar-refractivity contribution in [2.75, 3.05) is 26.2 Å². The van der Waals surface area contributed by atoms with E-state index in [9.17, 15) is 9.59 Å². The minimum absolute atomic E-state index is 0.0132. The summed E-state index contributed by atoms with van der Waals surface area (Å²) in [7, 11) is 0. The fraction of sp³-hybridized carbons (Fsp3) is 0.227. The molecule has 1 aliphatic heterocycles. The highest BCUT2D eigenvalue weighted by Crippen LogP contribution is 2.29. The van der Waals surface area contributed by atoms with Crippen LogP contribution in [0.1, 0.15) is 25.7 Å². The number of halogens is 1. The molecule has 1 fully saturated rings. The van der Waals surface area contributed by atoms with Gasteiger partial charge < -0.3 is 9.80 Å². The average Bonchev–Trinajstić information content (AvgIpc) is 3.15. The molecule has 1 saturated heterocycles. The van der Waals surface area contributed by atoms with E-state index in [1.807, 2.05) is 37.3 Å². The van der Waals surface area contributed by atoms with Crippen LogP contribution in [-0.4, -0.2) is 52.8 Å². The number of nitrogens with zero attached hydrogens (tertiary/aromatic N) is 3. The summed E-state index contributed by atoms with van der Waals surface area (Å²) in [6.45, 7) is 3.91. The number of rotatable bonds is 3. The molecule has 5 nitrogen and oxygen atoms in total. The van der Waals surface area contributed by atoms with E-state index in [-0.39, 0.29) is 11.8 Å². The molecule has 0 N–H and O–H groups in total. The van der Waals surface area contributed by atoms with Crippen molar-refractivity contribution in [2.24, 2.45) is 0 Å². The Hall–Kier alpha value is -2.70. The van der Waals surface area contributed by atoms with Crippen LogP contribution >= 0.6 is 22.9 Å². The van der Waals surface area contributed by atoms with Gasteiger partial charge in [0.05, 0.1) is 5.69 Å². The van der Waals surface area contributed by atoms with Gasteiger partial charge in [-0.2, -0.15) is 0 Å². The van der Waals surface area contributed by atoms with E-state index < -0.39 is 0 Å². The molecule has 7 heteroatoms.